The third-order valence-corrected chi connectivity index (χ3v) is 7.63. The topological polar surface area (TPSA) is 126 Å². The van der Waals surface area contributed by atoms with Gasteiger partial charge in [0.1, 0.15) is 22.0 Å². The number of hydrogen-bond acceptors (Lipinski definition) is 7. The Kier molecular flexibility index (Phi) is 7.23. The highest BCUT2D eigenvalue weighted by Crippen LogP contribution is 2.30. The van der Waals surface area contributed by atoms with Crippen molar-refractivity contribution in [2.45, 2.75) is 25.7 Å². The van der Waals surface area contributed by atoms with Gasteiger partial charge in [-0.1, -0.05) is 18.2 Å². The lowest BCUT2D eigenvalue weighted by atomic mass is 10.1. The summed E-state index contributed by atoms with van der Waals surface area (Å²) < 4.78 is 37.8. The minimum atomic E-state index is -4.04. The summed E-state index contributed by atoms with van der Waals surface area (Å²) in [5.74, 6) is -1.18. The van der Waals surface area contributed by atoms with Crippen LogP contribution < -0.4 is 5.32 Å². The van der Waals surface area contributed by atoms with E-state index in [0.717, 1.165) is 5.56 Å². The molecule has 1 aliphatic heterocycles. The number of aryl methyl sites for hydroxylation is 3. The van der Waals surface area contributed by atoms with Gasteiger partial charge < -0.3 is 19.4 Å². The van der Waals surface area contributed by atoms with Crippen LogP contribution in [0.15, 0.2) is 33.6 Å². The van der Waals surface area contributed by atoms with Crippen LogP contribution in [-0.2, 0) is 19.6 Å². The number of ether oxygens (including phenoxy) is 1. The number of nitrogens with zero attached hydrogens (tertiary/aromatic N) is 2. The van der Waals surface area contributed by atoms with Gasteiger partial charge in [-0.05, 0) is 32.4 Å². The maximum absolute atomic E-state index is 13.2. The molecule has 0 bridgehead atoms. The maximum Gasteiger partial charge on any atom is 0.342 e. The van der Waals surface area contributed by atoms with Gasteiger partial charge in [-0.2, -0.15) is 4.31 Å². The molecule has 178 valence electrons. The average molecular weight is 478 g/mol. The monoisotopic (exact) mass is 477 g/mol. The number of carbonyl (C=O) groups excluding carboxylic acids is 3. The van der Waals surface area contributed by atoms with Crippen molar-refractivity contribution in [3.05, 3.63) is 52.5 Å². The molecule has 2 heterocycles. The lowest BCUT2D eigenvalue weighted by Crippen LogP contribution is -2.52. The minimum absolute atomic E-state index is 0.0457. The molecule has 1 N–H and O–H groups in total. The second-order valence-electron chi connectivity index (χ2n) is 7.69. The highest BCUT2D eigenvalue weighted by atomic mass is 32.2. The second kappa shape index (κ2) is 9.75. The molecule has 33 heavy (non-hydrogen) atoms. The van der Waals surface area contributed by atoms with E-state index in [2.05, 4.69) is 5.32 Å². The van der Waals surface area contributed by atoms with Crippen molar-refractivity contribution in [3.8, 4) is 0 Å². The molecule has 10 nitrogen and oxygen atoms in total. The Balaban J connectivity index is 1.64. The van der Waals surface area contributed by atoms with Crippen LogP contribution in [0.4, 0.5) is 0 Å². The third kappa shape index (κ3) is 4.93. The fourth-order valence-electron chi connectivity index (χ4n) is 3.81. The lowest BCUT2D eigenvalue weighted by molar-refractivity contribution is -0.131. The van der Waals surface area contributed by atoms with Crippen molar-refractivity contribution in [2.75, 3.05) is 39.8 Å². The van der Waals surface area contributed by atoms with Gasteiger partial charge in [0, 0.05) is 31.7 Å². The summed E-state index contributed by atoms with van der Waals surface area (Å²) in [6, 6.07) is 7.07. The zero-order chi connectivity index (χ0) is 24.3. The van der Waals surface area contributed by atoms with Gasteiger partial charge in [0.2, 0.25) is 15.9 Å². The molecule has 0 spiro atoms. The van der Waals surface area contributed by atoms with E-state index >= 15 is 0 Å². The van der Waals surface area contributed by atoms with E-state index in [1.165, 1.54) is 30.2 Å². The first-order valence-electron chi connectivity index (χ1n) is 10.4. The largest absolute Gasteiger partial charge is 0.465 e. The molecule has 0 unspecified atom stereocenters. The highest BCUT2D eigenvalue weighted by Gasteiger charge is 2.37. The SMILES string of the molecule is COC(=O)c1c(C)oc(C)c1S(=O)(=O)N1CCN(C(=O)CNC(=O)c2ccccc2C)CC1. The number of carbonyl (C=O) groups is 3. The molecule has 0 radical (unpaired) electrons. The van der Waals surface area contributed by atoms with Crippen molar-refractivity contribution < 1.29 is 32.0 Å². The van der Waals surface area contributed by atoms with Gasteiger partial charge in [-0.25, -0.2) is 13.2 Å². The Morgan fingerprint density at radius 2 is 1.67 bits per heavy atom. The molecule has 2 amide bonds. The fraction of sp³-hybridized carbons (Fsp3) is 0.409. The summed E-state index contributed by atoms with van der Waals surface area (Å²) in [5.41, 5.74) is 1.18. The van der Waals surface area contributed by atoms with Crippen LogP contribution >= 0.6 is 0 Å². The molecule has 1 fully saturated rings. The van der Waals surface area contributed by atoms with Crippen molar-refractivity contribution in [1.82, 2.24) is 14.5 Å². The van der Waals surface area contributed by atoms with E-state index in [0.29, 0.717) is 5.56 Å². The quantitative estimate of drug-likeness (QED) is 0.621. The lowest BCUT2D eigenvalue weighted by Gasteiger charge is -2.34. The smallest absolute Gasteiger partial charge is 0.342 e. The fourth-order valence-corrected chi connectivity index (χ4v) is 5.60. The summed E-state index contributed by atoms with van der Waals surface area (Å²) in [6.07, 6.45) is 0. The van der Waals surface area contributed by atoms with Gasteiger partial charge >= 0.3 is 5.97 Å². The van der Waals surface area contributed by atoms with Crippen LogP contribution in [0.2, 0.25) is 0 Å². The van der Waals surface area contributed by atoms with Gasteiger partial charge in [-0.3, -0.25) is 9.59 Å². The Morgan fingerprint density at radius 3 is 2.27 bits per heavy atom. The number of nitrogens with one attached hydrogen (secondary N) is 1. The average Bonchev–Trinajstić information content (AvgIpc) is 3.11. The van der Waals surface area contributed by atoms with Crippen LogP contribution in [0.1, 0.15) is 37.8 Å². The van der Waals surface area contributed by atoms with Crippen molar-refractivity contribution in [2.24, 2.45) is 0 Å². The molecule has 3 rings (SSSR count). The Morgan fingerprint density at radius 1 is 1.03 bits per heavy atom. The van der Waals surface area contributed by atoms with Crippen LogP contribution in [0, 0.1) is 20.8 Å². The zero-order valence-electron chi connectivity index (χ0n) is 19.0. The highest BCUT2D eigenvalue weighted by molar-refractivity contribution is 7.89. The number of piperazine rings is 1. The second-order valence-corrected chi connectivity index (χ2v) is 9.57. The number of amides is 2. The van der Waals surface area contributed by atoms with Gasteiger partial charge in [0.25, 0.3) is 5.91 Å². The summed E-state index contributed by atoms with van der Waals surface area (Å²) in [5, 5.41) is 2.61. The van der Waals surface area contributed by atoms with E-state index in [4.69, 9.17) is 9.15 Å². The molecule has 0 saturated carbocycles. The minimum Gasteiger partial charge on any atom is -0.465 e. The molecular formula is C22H27N3O7S. The van der Waals surface area contributed by atoms with Crippen LogP contribution in [0.3, 0.4) is 0 Å². The number of esters is 1. The molecular weight excluding hydrogens is 450 g/mol. The predicted molar refractivity (Wildman–Crippen MR) is 118 cm³/mol. The third-order valence-electron chi connectivity index (χ3n) is 5.57. The van der Waals surface area contributed by atoms with Crippen LogP contribution in [0.5, 0.6) is 0 Å². The molecule has 1 saturated heterocycles. The van der Waals surface area contributed by atoms with Crippen molar-refractivity contribution >= 4 is 27.8 Å². The first-order valence-corrected chi connectivity index (χ1v) is 11.8. The van der Waals surface area contributed by atoms with E-state index < -0.39 is 16.0 Å². The molecule has 1 aromatic heterocycles. The van der Waals surface area contributed by atoms with E-state index in [-0.39, 0.29) is 66.5 Å². The van der Waals surface area contributed by atoms with Crippen molar-refractivity contribution in [3.63, 3.8) is 0 Å². The number of benzene rings is 1. The van der Waals surface area contributed by atoms with Crippen LogP contribution in [0.25, 0.3) is 0 Å². The van der Waals surface area contributed by atoms with E-state index in [1.807, 2.05) is 19.1 Å². The predicted octanol–water partition coefficient (Wildman–Crippen LogP) is 1.25. The number of furan rings is 1. The maximum atomic E-state index is 13.2. The Bertz CT molecular complexity index is 1180. The van der Waals surface area contributed by atoms with Gasteiger partial charge in [0.05, 0.1) is 13.7 Å². The normalized spacial score (nSPS) is 14.7. The van der Waals surface area contributed by atoms with Gasteiger partial charge in [0.15, 0.2) is 0 Å². The number of rotatable bonds is 6. The molecule has 0 aliphatic carbocycles. The molecule has 11 heteroatoms. The summed E-state index contributed by atoms with van der Waals surface area (Å²) in [7, 11) is -2.87. The first-order chi connectivity index (χ1) is 15.6. The Hall–Kier alpha value is -3.18. The number of hydrogen-bond donors (Lipinski definition) is 1. The summed E-state index contributed by atoms with van der Waals surface area (Å²) in [4.78, 5) is 38.3. The Labute approximate surface area is 192 Å². The van der Waals surface area contributed by atoms with E-state index in [1.54, 1.807) is 12.1 Å². The molecule has 1 aromatic carbocycles. The van der Waals surface area contributed by atoms with Crippen LogP contribution in [-0.4, -0.2) is 75.2 Å². The number of methoxy groups -OCH3 is 1. The first kappa shape index (κ1) is 24.5. The van der Waals surface area contributed by atoms with Gasteiger partial charge in [-0.15, -0.1) is 0 Å². The molecule has 0 atom stereocenters. The molecule has 1 aliphatic rings. The number of sulfonamides is 1. The standard InChI is InChI=1S/C22H27N3O7S/c1-14-7-5-6-8-17(14)21(27)23-13-18(26)24-9-11-25(12-10-24)33(29,30)20-16(3)32-15(2)19(20)22(28)31-4/h5-8H,9-13H2,1-4H3,(H,23,27). The summed E-state index contributed by atoms with van der Waals surface area (Å²) >= 11 is 0. The molecule has 2 aromatic rings. The zero-order valence-corrected chi connectivity index (χ0v) is 19.8. The van der Waals surface area contributed by atoms with E-state index in [9.17, 15) is 22.8 Å². The van der Waals surface area contributed by atoms with Crippen molar-refractivity contribution in [1.29, 1.82) is 0 Å². The summed E-state index contributed by atoms with van der Waals surface area (Å²) in [6.45, 7) is 5.00.